The molecule has 0 fully saturated rings. The van der Waals surface area contributed by atoms with Crippen molar-refractivity contribution >= 4 is 27.4 Å². The number of hydrogen-bond donors (Lipinski definition) is 1. The van der Waals surface area contributed by atoms with Crippen molar-refractivity contribution in [2.75, 3.05) is 18.0 Å². The molecule has 20 heavy (non-hydrogen) atoms. The summed E-state index contributed by atoms with van der Waals surface area (Å²) in [5.41, 5.74) is 2.51. The molecule has 2 aliphatic heterocycles. The minimum Gasteiger partial charge on any atom is -0.477 e. The van der Waals surface area contributed by atoms with Crippen molar-refractivity contribution in [2.45, 2.75) is 6.42 Å². The van der Waals surface area contributed by atoms with Gasteiger partial charge in [-0.2, -0.15) is 12.8 Å². The van der Waals surface area contributed by atoms with E-state index in [-0.39, 0.29) is 5.71 Å². The summed E-state index contributed by atoms with van der Waals surface area (Å²) < 4.78 is 26.7. The van der Waals surface area contributed by atoms with Gasteiger partial charge < -0.3 is 10.0 Å². The maximum absolute atomic E-state index is 11.6. The predicted molar refractivity (Wildman–Crippen MR) is 74.4 cm³/mol. The van der Waals surface area contributed by atoms with Crippen LogP contribution in [0, 0.1) is 0 Å². The Bertz CT molecular complexity index is 749. The summed E-state index contributed by atoms with van der Waals surface area (Å²) in [5, 5.41) is 8.85. The third kappa shape index (κ3) is 2.09. The quantitative estimate of drug-likeness (QED) is 0.890. The zero-order valence-electron chi connectivity index (χ0n) is 10.5. The van der Waals surface area contributed by atoms with Crippen LogP contribution in [0.2, 0.25) is 0 Å². The number of carboxylic acids is 1. The number of rotatable bonds is 3. The molecule has 0 radical (unpaired) electrons. The summed E-state index contributed by atoms with van der Waals surface area (Å²) in [7, 11) is -4.03. The first-order valence-corrected chi connectivity index (χ1v) is 7.53. The fraction of sp³-hybridized carbons (Fsp3) is 0.231. The number of fused-ring (bicyclic) bond motifs is 1. The number of sulfonamides is 1. The van der Waals surface area contributed by atoms with Gasteiger partial charge in [0.25, 0.3) is 10.0 Å². The fourth-order valence-electron chi connectivity index (χ4n) is 2.47. The second-order valence-corrected chi connectivity index (χ2v) is 6.24. The Labute approximate surface area is 116 Å². The van der Waals surface area contributed by atoms with Gasteiger partial charge in [0.05, 0.1) is 12.3 Å². The van der Waals surface area contributed by atoms with Gasteiger partial charge in [0, 0.05) is 12.2 Å². The Morgan fingerprint density at radius 2 is 2.10 bits per heavy atom. The van der Waals surface area contributed by atoms with Crippen molar-refractivity contribution in [1.29, 1.82) is 0 Å². The van der Waals surface area contributed by atoms with E-state index < -0.39 is 20.9 Å². The molecule has 0 atom stereocenters. The lowest BCUT2D eigenvalue weighted by Crippen LogP contribution is -2.26. The average Bonchev–Trinajstić information content (AvgIpc) is 2.91. The van der Waals surface area contributed by atoms with E-state index in [9.17, 15) is 13.2 Å². The minimum atomic E-state index is -4.03. The average molecular weight is 292 g/mol. The number of carboxylic acid groups (broad SMARTS) is 1. The van der Waals surface area contributed by atoms with Crippen molar-refractivity contribution in [3.8, 4) is 0 Å². The molecule has 0 saturated carbocycles. The van der Waals surface area contributed by atoms with E-state index in [0.717, 1.165) is 24.7 Å². The van der Waals surface area contributed by atoms with E-state index in [1.807, 2.05) is 29.2 Å². The van der Waals surface area contributed by atoms with Crippen LogP contribution in [0.25, 0.3) is 0 Å². The number of aliphatic carboxylic acids is 1. The zero-order valence-corrected chi connectivity index (χ0v) is 11.3. The maximum Gasteiger partial charge on any atom is 0.349 e. The summed E-state index contributed by atoms with van der Waals surface area (Å²) in [5.74, 6) is -1.47. The molecule has 104 valence electrons. The van der Waals surface area contributed by atoms with E-state index in [1.54, 1.807) is 0 Å². The number of hydrogen-bond acceptors (Lipinski definition) is 4. The van der Waals surface area contributed by atoms with E-state index in [1.165, 1.54) is 5.56 Å². The highest BCUT2D eigenvalue weighted by Crippen LogP contribution is 2.28. The van der Waals surface area contributed by atoms with Gasteiger partial charge in [-0.05, 0) is 24.1 Å². The number of carbonyl (C=O) groups is 1. The summed E-state index contributed by atoms with van der Waals surface area (Å²) in [6, 6.07) is 7.88. The van der Waals surface area contributed by atoms with Gasteiger partial charge in [-0.3, -0.25) is 0 Å². The Kier molecular flexibility index (Phi) is 2.86. The third-order valence-electron chi connectivity index (χ3n) is 3.36. The lowest BCUT2D eigenvalue weighted by Gasteiger charge is -2.18. The van der Waals surface area contributed by atoms with Crippen molar-refractivity contribution in [2.24, 2.45) is 4.40 Å². The smallest absolute Gasteiger partial charge is 0.349 e. The van der Waals surface area contributed by atoms with Gasteiger partial charge in [-0.1, -0.05) is 18.2 Å². The predicted octanol–water partition coefficient (Wildman–Crippen LogP) is 0.802. The van der Waals surface area contributed by atoms with Crippen molar-refractivity contribution < 1.29 is 18.3 Å². The van der Waals surface area contributed by atoms with Crippen LogP contribution in [0.3, 0.4) is 0 Å². The summed E-state index contributed by atoms with van der Waals surface area (Å²) in [6.07, 6.45) is 2.03. The van der Waals surface area contributed by atoms with Crippen LogP contribution in [0.15, 0.2) is 39.6 Å². The van der Waals surface area contributed by atoms with Crippen LogP contribution in [0.4, 0.5) is 5.69 Å². The molecule has 1 aromatic rings. The highest BCUT2D eigenvalue weighted by atomic mass is 32.2. The molecule has 2 aliphatic rings. The Balaban J connectivity index is 1.86. The fourth-order valence-corrected chi connectivity index (χ4v) is 3.49. The van der Waals surface area contributed by atoms with Crippen LogP contribution >= 0.6 is 0 Å². The summed E-state index contributed by atoms with van der Waals surface area (Å²) >= 11 is 0. The lowest BCUT2D eigenvalue weighted by atomic mass is 10.2. The molecule has 6 nitrogen and oxygen atoms in total. The van der Waals surface area contributed by atoms with Gasteiger partial charge in [-0.25, -0.2) is 4.79 Å². The highest BCUT2D eigenvalue weighted by molar-refractivity contribution is 7.95. The highest BCUT2D eigenvalue weighted by Gasteiger charge is 2.31. The van der Waals surface area contributed by atoms with Crippen LogP contribution in [-0.2, 0) is 21.2 Å². The normalized spacial score (nSPS) is 19.5. The molecule has 2 heterocycles. The Morgan fingerprint density at radius 1 is 1.35 bits per heavy atom. The molecular formula is C13H12N2O4S. The molecule has 0 bridgehead atoms. The van der Waals surface area contributed by atoms with Crippen LogP contribution < -0.4 is 4.90 Å². The van der Waals surface area contributed by atoms with Crippen LogP contribution in [0.1, 0.15) is 5.56 Å². The summed E-state index contributed by atoms with van der Waals surface area (Å²) in [4.78, 5) is 12.2. The number of anilines is 1. The van der Waals surface area contributed by atoms with Crippen LogP contribution in [-0.4, -0.2) is 38.3 Å². The zero-order chi connectivity index (χ0) is 14.3. The monoisotopic (exact) mass is 292 g/mol. The molecule has 0 amide bonds. The number of para-hydroxylation sites is 1. The van der Waals surface area contributed by atoms with E-state index in [2.05, 4.69) is 4.40 Å². The van der Waals surface area contributed by atoms with Gasteiger partial charge in [0.1, 0.15) is 0 Å². The molecular weight excluding hydrogens is 280 g/mol. The van der Waals surface area contributed by atoms with E-state index in [4.69, 9.17) is 5.11 Å². The molecule has 0 unspecified atom stereocenters. The number of benzene rings is 1. The first-order valence-electron chi connectivity index (χ1n) is 6.09. The van der Waals surface area contributed by atoms with Gasteiger partial charge in [0.2, 0.25) is 0 Å². The SMILES string of the molecule is O=C(O)C1=CC(CN2CCc3ccccc32)=NS1(=O)=O. The van der Waals surface area contributed by atoms with E-state index >= 15 is 0 Å². The van der Waals surface area contributed by atoms with E-state index in [0.29, 0.717) is 6.54 Å². The third-order valence-corrected chi connectivity index (χ3v) is 4.68. The van der Waals surface area contributed by atoms with Crippen molar-refractivity contribution in [3.63, 3.8) is 0 Å². The van der Waals surface area contributed by atoms with Gasteiger partial charge in [-0.15, -0.1) is 0 Å². The Morgan fingerprint density at radius 3 is 2.80 bits per heavy atom. The Hall–Kier alpha value is -2.15. The van der Waals surface area contributed by atoms with Crippen molar-refractivity contribution in [1.82, 2.24) is 0 Å². The first-order chi connectivity index (χ1) is 9.47. The second-order valence-electron chi connectivity index (χ2n) is 4.67. The van der Waals surface area contributed by atoms with Crippen molar-refractivity contribution in [3.05, 3.63) is 40.8 Å². The molecule has 3 rings (SSSR count). The topological polar surface area (TPSA) is 87.0 Å². The van der Waals surface area contributed by atoms with Crippen LogP contribution in [0.5, 0.6) is 0 Å². The maximum atomic E-state index is 11.6. The first kappa shape index (κ1) is 12.9. The lowest BCUT2D eigenvalue weighted by molar-refractivity contribution is -0.131. The van der Waals surface area contributed by atoms with Gasteiger partial charge in [0.15, 0.2) is 4.91 Å². The molecule has 0 aromatic heterocycles. The van der Waals surface area contributed by atoms with Gasteiger partial charge >= 0.3 is 5.97 Å². The minimum absolute atomic E-state index is 0.263. The molecule has 0 aliphatic carbocycles. The standard InChI is InChI=1S/C13H12N2O4S/c16-13(17)12-7-10(14-20(12,18)19)8-15-6-5-9-3-1-2-4-11(9)15/h1-4,7H,5-6,8H2,(H,16,17). The second kappa shape index (κ2) is 4.45. The molecule has 0 spiro atoms. The largest absolute Gasteiger partial charge is 0.477 e. The number of nitrogens with zero attached hydrogens (tertiary/aromatic N) is 2. The summed E-state index contributed by atoms with van der Waals surface area (Å²) in [6.45, 7) is 1.07. The molecule has 0 saturated heterocycles. The molecule has 7 heteroatoms. The molecule has 1 aromatic carbocycles. The molecule has 1 N–H and O–H groups in total.